The number of fused-ring (bicyclic) bond motifs is 1. The second kappa shape index (κ2) is 10.1. The van der Waals surface area contributed by atoms with Crippen LogP contribution in [-0.4, -0.2) is 26.8 Å². The number of nitrogens with zero attached hydrogens (tertiary/aromatic N) is 2. The number of carbonyl (C=O) groups excluding carboxylic acids is 1. The van der Waals surface area contributed by atoms with Crippen LogP contribution >= 0.6 is 11.8 Å². The van der Waals surface area contributed by atoms with Gasteiger partial charge in [-0.2, -0.15) is 0 Å². The number of nitrogens with one attached hydrogen (secondary N) is 1. The fourth-order valence-electron chi connectivity index (χ4n) is 4.12. The largest absolute Gasteiger partial charge is 0.352 e. The van der Waals surface area contributed by atoms with Gasteiger partial charge in [0.05, 0.1) is 16.2 Å². The Labute approximate surface area is 187 Å². The van der Waals surface area contributed by atoms with Gasteiger partial charge in [0.2, 0.25) is 5.91 Å². The van der Waals surface area contributed by atoms with Gasteiger partial charge in [0.15, 0.2) is 5.16 Å². The molecular weight excluding hydrogens is 406 g/mol. The molecule has 5 nitrogen and oxygen atoms in total. The predicted molar refractivity (Wildman–Crippen MR) is 126 cm³/mol. The van der Waals surface area contributed by atoms with Crippen molar-refractivity contribution in [1.82, 2.24) is 14.9 Å². The summed E-state index contributed by atoms with van der Waals surface area (Å²) >= 11 is 1.38. The lowest BCUT2D eigenvalue weighted by Gasteiger charge is -2.18. The molecule has 1 aliphatic carbocycles. The molecule has 3 aromatic rings. The van der Waals surface area contributed by atoms with Gasteiger partial charge in [-0.15, -0.1) is 0 Å². The fourth-order valence-corrected chi connectivity index (χ4v) is 5.06. The van der Waals surface area contributed by atoms with Crippen LogP contribution in [-0.2, 0) is 17.8 Å². The summed E-state index contributed by atoms with van der Waals surface area (Å²) in [6, 6.07) is 18.0. The first-order valence-corrected chi connectivity index (χ1v) is 12.0. The van der Waals surface area contributed by atoms with Crippen molar-refractivity contribution in [1.29, 1.82) is 0 Å². The van der Waals surface area contributed by atoms with Crippen LogP contribution in [0.25, 0.3) is 10.9 Å². The zero-order valence-electron chi connectivity index (χ0n) is 17.9. The molecule has 1 aromatic heterocycles. The number of aryl methyl sites for hydroxylation is 1. The Morgan fingerprint density at radius 3 is 2.61 bits per heavy atom. The van der Waals surface area contributed by atoms with Gasteiger partial charge in [0.1, 0.15) is 0 Å². The van der Waals surface area contributed by atoms with E-state index in [1.165, 1.54) is 30.2 Å². The van der Waals surface area contributed by atoms with E-state index in [9.17, 15) is 9.59 Å². The van der Waals surface area contributed by atoms with Gasteiger partial charge in [-0.05, 0) is 50.3 Å². The van der Waals surface area contributed by atoms with Crippen LogP contribution in [0.4, 0.5) is 0 Å². The fraction of sp³-hybridized carbons (Fsp3) is 0.400. The highest BCUT2D eigenvalue weighted by molar-refractivity contribution is 8.00. The van der Waals surface area contributed by atoms with Crippen LogP contribution in [0.1, 0.15) is 44.6 Å². The number of aromatic nitrogens is 2. The minimum atomic E-state index is -0.311. The van der Waals surface area contributed by atoms with E-state index in [0.29, 0.717) is 22.6 Å². The van der Waals surface area contributed by atoms with Crippen LogP contribution < -0.4 is 10.9 Å². The lowest BCUT2D eigenvalue weighted by atomic mass is 10.1. The number of carbonyl (C=O) groups is 1. The molecule has 1 N–H and O–H groups in total. The van der Waals surface area contributed by atoms with Crippen molar-refractivity contribution < 1.29 is 4.79 Å². The predicted octanol–water partition coefficient (Wildman–Crippen LogP) is 4.57. The minimum absolute atomic E-state index is 0.0233. The number of benzene rings is 2. The van der Waals surface area contributed by atoms with E-state index in [4.69, 9.17) is 4.98 Å². The average molecular weight is 436 g/mol. The highest BCUT2D eigenvalue weighted by Crippen LogP contribution is 2.24. The SMILES string of the molecule is CC(Sc1nc2ccccc2c(=O)n1CCCc1ccccc1)C(=O)NC1CCCC1. The smallest absolute Gasteiger partial charge is 0.262 e. The molecular formula is C25H29N3O2S. The summed E-state index contributed by atoms with van der Waals surface area (Å²) in [5.41, 5.74) is 1.89. The summed E-state index contributed by atoms with van der Waals surface area (Å²) in [5, 5.41) is 4.09. The summed E-state index contributed by atoms with van der Waals surface area (Å²) in [4.78, 5) is 30.7. The van der Waals surface area contributed by atoms with Crippen molar-refractivity contribution in [2.24, 2.45) is 0 Å². The second-order valence-electron chi connectivity index (χ2n) is 8.21. The topological polar surface area (TPSA) is 64.0 Å². The molecule has 1 heterocycles. The van der Waals surface area contributed by atoms with Crippen LogP contribution in [0.3, 0.4) is 0 Å². The van der Waals surface area contributed by atoms with Crippen molar-refractivity contribution in [3.05, 3.63) is 70.5 Å². The third kappa shape index (κ3) is 5.37. The highest BCUT2D eigenvalue weighted by atomic mass is 32.2. The third-order valence-corrected chi connectivity index (χ3v) is 6.96. The first-order chi connectivity index (χ1) is 15.1. The molecule has 6 heteroatoms. The summed E-state index contributed by atoms with van der Waals surface area (Å²) in [5.74, 6) is 0.0233. The molecule has 162 valence electrons. The number of thioether (sulfide) groups is 1. The molecule has 0 bridgehead atoms. The summed E-state index contributed by atoms with van der Waals surface area (Å²) in [6.45, 7) is 2.47. The van der Waals surface area contributed by atoms with E-state index in [1.54, 1.807) is 4.57 Å². The number of para-hydroxylation sites is 1. The molecule has 31 heavy (non-hydrogen) atoms. The van der Waals surface area contributed by atoms with Crippen molar-refractivity contribution in [3.8, 4) is 0 Å². The maximum absolute atomic E-state index is 13.2. The molecule has 2 aromatic carbocycles. The van der Waals surface area contributed by atoms with Gasteiger partial charge in [-0.1, -0.05) is 67.1 Å². The van der Waals surface area contributed by atoms with E-state index in [2.05, 4.69) is 17.4 Å². The minimum Gasteiger partial charge on any atom is -0.352 e. The van der Waals surface area contributed by atoms with Crippen LogP contribution in [0, 0.1) is 0 Å². The second-order valence-corrected chi connectivity index (χ2v) is 9.52. The van der Waals surface area contributed by atoms with E-state index in [1.807, 2.05) is 49.4 Å². The van der Waals surface area contributed by atoms with Crippen molar-refractivity contribution in [2.75, 3.05) is 0 Å². The summed E-state index contributed by atoms with van der Waals surface area (Å²) in [6.07, 6.45) is 6.20. The molecule has 0 radical (unpaired) electrons. The molecule has 1 amide bonds. The zero-order chi connectivity index (χ0) is 21.6. The number of amides is 1. The highest BCUT2D eigenvalue weighted by Gasteiger charge is 2.23. The van der Waals surface area contributed by atoms with E-state index >= 15 is 0 Å². The number of hydrogen-bond acceptors (Lipinski definition) is 4. The van der Waals surface area contributed by atoms with E-state index < -0.39 is 0 Å². The zero-order valence-corrected chi connectivity index (χ0v) is 18.7. The Morgan fingerprint density at radius 2 is 1.84 bits per heavy atom. The van der Waals surface area contributed by atoms with Crippen molar-refractivity contribution in [2.45, 2.75) is 68.4 Å². The normalized spacial score (nSPS) is 15.3. The number of rotatable bonds is 8. The lowest BCUT2D eigenvalue weighted by Crippen LogP contribution is -2.38. The van der Waals surface area contributed by atoms with Crippen LogP contribution in [0.2, 0.25) is 0 Å². The van der Waals surface area contributed by atoms with Gasteiger partial charge in [-0.3, -0.25) is 14.2 Å². The van der Waals surface area contributed by atoms with Crippen LogP contribution in [0.5, 0.6) is 0 Å². The lowest BCUT2D eigenvalue weighted by molar-refractivity contribution is -0.120. The molecule has 0 spiro atoms. The first kappa shape index (κ1) is 21.6. The molecule has 1 saturated carbocycles. The van der Waals surface area contributed by atoms with Gasteiger partial charge >= 0.3 is 0 Å². The molecule has 1 atom stereocenters. The first-order valence-electron chi connectivity index (χ1n) is 11.1. The average Bonchev–Trinajstić information content (AvgIpc) is 3.29. The maximum Gasteiger partial charge on any atom is 0.262 e. The van der Waals surface area contributed by atoms with E-state index in [0.717, 1.165) is 25.7 Å². The maximum atomic E-state index is 13.2. The van der Waals surface area contributed by atoms with Gasteiger partial charge < -0.3 is 5.32 Å². The van der Waals surface area contributed by atoms with Crippen molar-refractivity contribution in [3.63, 3.8) is 0 Å². The Bertz CT molecular complexity index is 1090. The molecule has 0 saturated heterocycles. The molecule has 1 fully saturated rings. The Kier molecular flexibility index (Phi) is 7.07. The third-order valence-electron chi connectivity index (χ3n) is 5.87. The van der Waals surface area contributed by atoms with E-state index in [-0.39, 0.29) is 22.8 Å². The Morgan fingerprint density at radius 1 is 1.13 bits per heavy atom. The molecule has 1 aliphatic rings. The molecule has 1 unspecified atom stereocenters. The molecule has 4 rings (SSSR count). The van der Waals surface area contributed by atoms with Gasteiger partial charge in [0, 0.05) is 12.6 Å². The summed E-state index contributed by atoms with van der Waals surface area (Å²) < 4.78 is 1.75. The quantitative estimate of drug-likeness (QED) is 0.416. The Balaban J connectivity index is 1.54. The number of hydrogen-bond donors (Lipinski definition) is 1. The Hall–Kier alpha value is -2.60. The van der Waals surface area contributed by atoms with Gasteiger partial charge in [-0.25, -0.2) is 4.98 Å². The molecule has 0 aliphatic heterocycles. The summed E-state index contributed by atoms with van der Waals surface area (Å²) in [7, 11) is 0. The van der Waals surface area contributed by atoms with Crippen molar-refractivity contribution >= 4 is 28.6 Å². The van der Waals surface area contributed by atoms with Gasteiger partial charge in [0.25, 0.3) is 5.56 Å². The standard InChI is InChI=1S/C25H29N3O2S/c1-18(23(29)26-20-13-5-6-14-20)31-25-27-22-16-8-7-15-21(22)24(30)28(25)17-9-12-19-10-3-2-4-11-19/h2-4,7-8,10-11,15-16,18,20H,5-6,9,12-14,17H2,1H3,(H,26,29). The van der Waals surface area contributed by atoms with Crippen LogP contribution in [0.15, 0.2) is 64.5 Å². The monoisotopic (exact) mass is 435 g/mol.